The second-order valence-electron chi connectivity index (χ2n) is 5.45. The maximum absolute atomic E-state index is 5.82. The van der Waals surface area contributed by atoms with Crippen molar-refractivity contribution >= 4 is 11.3 Å². The van der Waals surface area contributed by atoms with Crippen LogP contribution in [0.3, 0.4) is 0 Å². The molecule has 4 heteroatoms. The van der Waals surface area contributed by atoms with Crippen molar-refractivity contribution in [3.8, 4) is 5.75 Å². The molecule has 0 spiro atoms. The first-order chi connectivity index (χ1) is 10.1. The molecule has 0 amide bonds. The molecule has 3 nitrogen and oxygen atoms in total. The lowest BCUT2D eigenvalue weighted by atomic mass is 10.1. The lowest BCUT2D eigenvalue weighted by Crippen LogP contribution is -2.23. The average Bonchev–Trinajstić information content (AvgIpc) is 2.94. The molecule has 1 aromatic heterocycles. The minimum atomic E-state index is 0.538. The molecule has 0 saturated heterocycles. The summed E-state index contributed by atoms with van der Waals surface area (Å²) in [4.78, 5) is 5.69. The van der Waals surface area contributed by atoms with E-state index >= 15 is 0 Å². The van der Waals surface area contributed by atoms with E-state index in [9.17, 15) is 0 Å². The van der Waals surface area contributed by atoms with Crippen molar-refractivity contribution in [3.05, 3.63) is 45.4 Å². The second-order valence-corrected chi connectivity index (χ2v) is 6.65. The van der Waals surface area contributed by atoms with Gasteiger partial charge in [0, 0.05) is 23.7 Å². The van der Waals surface area contributed by atoms with E-state index in [1.165, 1.54) is 16.0 Å². The molecule has 0 bridgehead atoms. The summed E-state index contributed by atoms with van der Waals surface area (Å²) in [5.74, 6) is 0.910. The minimum absolute atomic E-state index is 0.538. The Bertz CT molecular complexity index is 580. The van der Waals surface area contributed by atoms with Crippen LogP contribution in [0.5, 0.6) is 5.75 Å². The molecule has 114 valence electrons. The van der Waals surface area contributed by atoms with E-state index < -0.39 is 0 Å². The molecule has 21 heavy (non-hydrogen) atoms. The van der Waals surface area contributed by atoms with Crippen LogP contribution in [-0.2, 0) is 13.2 Å². The fourth-order valence-corrected chi connectivity index (χ4v) is 2.65. The van der Waals surface area contributed by atoms with Crippen LogP contribution < -0.4 is 10.1 Å². The molecule has 1 aromatic carbocycles. The minimum Gasteiger partial charge on any atom is -0.486 e. The summed E-state index contributed by atoms with van der Waals surface area (Å²) in [5.41, 5.74) is 2.54. The van der Waals surface area contributed by atoms with Crippen molar-refractivity contribution < 1.29 is 4.74 Å². The summed E-state index contributed by atoms with van der Waals surface area (Å²) in [5, 5.41) is 4.50. The number of benzene rings is 1. The maximum Gasteiger partial charge on any atom is 0.140 e. The Morgan fingerprint density at radius 1 is 1.29 bits per heavy atom. The fourth-order valence-electron chi connectivity index (χ4n) is 1.86. The van der Waals surface area contributed by atoms with Gasteiger partial charge < -0.3 is 10.1 Å². The molecule has 1 unspecified atom stereocenters. The Balaban J connectivity index is 1.86. The van der Waals surface area contributed by atoms with Crippen LogP contribution in [-0.4, -0.2) is 11.0 Å². The summed E-state index contributed by atoms with van der Waals surface area (Å²) in [6.45, 7) is 10.0. The monoisotopic (exact) mass is 304 g/mol. The highest BCUT2D eigenvalue weighted by atomic mass is 32.1. The van der Waals surface area contributed by atoms with E-state index in [4.69, 9.17) is 4.74 Å². The summed E-state index contributed by atoms with van der Waals surface area (Å²) < 4.78 is 5.82. The van der Waals surface area contributed by atoms with Gasteiger partial charge in [-0.15, -0.1) is 11.3 Å². The first kappa shape index (κ1) is 16.0. The molecule has 0 aliphatic heterocycles. The Morgan fingerprint density at radius 3 is 2.81 bits per heavy atom. The van der Waals surface area contributed by atoms with Crippen LogP contribution >= 0.6 is 11.3 Å². The van der Waals surface area contributed by atoms with E-state index in [2.05, 4.69) is 50.1 Å². The standard InChI is InChI=1S/C17H24N2OS/c1-5-14(4)18-9-16-10-19-17(21-16)11-20-15-7-6-12(2)13(3)8-15/h6-8,10,14,18H,5,9,11H2,1-4H3. The summed E-state index contributed by atoms with van der Waals surface area (Å²) in [7, 11) is 0. The lowest BCUT2D eigenvalue weighted by Gasteiger charge is -2.09. The number of nitrogens with zero attached hydrogens (tertiary/aromatic N) is 1. The van der Waals surface area contributed by atoms with Crippen LogP contribution in [0.4, 0.5) is 0 Å². The zero-order valence-corrected chi connectivity index (χ0v) is 14.1. The fraction of sp³-hybridized carbons (Fsp3) is 0.471. The van der Waals surface area contributed by atoms with Crippen LogP contribution in [0.15, 0.2) is 24.4 Å². The number of aryl methyl sites for hydroxylation is 2. The molecule has 0 aliphatic rings. The quantitative estimate of drug-likeness (QED) is 0.831. The van der Waals surface area contributed by atoms with Crippen molar-refractivity contribution in [1.82, 2.24) is 10.3 Å². The summed E-state index contributed by atoms with van der Waals surface area (Å²) in [6, 6.07) is 6.73. The predicted octanol–water partition coefficient (Wildman–Crippen LogP) is 4.23. The van der Waals surface area contributed by atoms with Gasteiger partial charge in [0.25, 0.3) is 0 Å². The van der Waals surface area contributed by atoms with Crippen LogP contribution in [0.25, 0.3) is 0 Å². The third-order valence-electron chi connectivity index (χ3n) is 3.68. The third-order valence-corrected chi connectivity index (χ3v) is 4.65. The Kier molecular flexibility index (Phi) is 5.76. The molecule has 1 atom stereocenters. The number of nitrogens with one attached hydrogen (secondary N) is 1. The Hall–Kier alpha value is -1.39. The summed E-state index contributed by atoms with van der Waals surface area (Å²) in [6.07, 6.45) is 3.08. The largest absolute Gasteiger partial charge is 0.486 e. The first-order valence-electron chi connectivity index (χ1n) is 7.45. The SMILES string of the molecule is CCC(C)NCc1cnc(COc2ccc(C)c(C)c2)s1. The van der Waals surface area contributed by atoms with Gasteiger partial charge >= 0.3 is 0 Å². The first-order valence-corrected chi connectivity index (χ1v) is 8.27. The molecule has 1 heterocycles. The van der Waals surface area contributed by atoms with Crippen molar-refractivity contribution in [2.45, 2.75) is 53.3 Å². The zero-order valence-electron chi connectivity index (χ0n) is 13.3. The van der Waals surface area contributed by atoms with Crippen molar-refractivity contribution in [2.75, 3.05) is 0 Å². The van der Waals surface area contributed by atoms with E-state index in [0.717, 1.165) is 23.7 Å². The van der Waals surface area contributed by atoms with Gasteiger partial charge in [-0.1, -0.05) is 13.0 Å². The van der Waals surface area contributed by atoms with Crippen LogP contribution in [0.2, 0.25) is 0 Å². The van der Waals surface area contributed by atoms with E-state index in [-0.39, 0.29) is 0 Å². The molecule has 2 aromatic rings. The number of aromatic nitrogens is 1. The summed E-state index contributed by atoms with van der Waals surface area (Å²) >= 11 is 1.71. The number of thiazole rings is 1. The van der Waals surface area contributed by atoms with Gasteiger partial charge in [0.05, 0.1) is 0 Å². The predicted molar refractivity (Wildman–Crippen MR) is 89.0 cm³/mol. The van der Waals surface area contributed by atoms with Crippen LogP contribution in [0.1, 0.15) is 41.3 Å². The van der Waals surface area contributed by atoms with Gasteiger partial charge in [0.2, 0.25) is 0 Å². The molecule has 1 N–H and O–H groups in total. The lowest BCUT2D eigenvalue weighted by molar-refractivity contribution is 0.305. The highest BCUT2D eigenvalue weighted by Gasteiger charge is 2.05. The average molecular weight is 304 g/mol. The van der Waals surface area contributed by atoms with Crippen molar-refractivity contribution in [2.24, 2.45) is 0 Å². The molecule has 2 rings (SSSR count). The molecular weight excluding hydrogens is 280 g/mol. The highest BCUT2D eigenvalue weighted by molar-refractivity contribution is 7.11. The second kappa shape index (κ2) is 7.57. The number of hydrogen-bond donors (Lipinski definition) is 1. The number of ether oxygens (including phenoxy) is 1. The maximum atomic E-state index is 5.82. The zero-order chi connectivity index (χ0) is 15.2. The Labute approximate surface area is 131 Å². The molecular formula is C17H24N2OS. The molecule has 0 aliphatic carbocycles. The van der Waals surface area contributed by atoms with Gasteiger partial charge in [-0.05, 0) is 50.5 Å². The van der Waals surface area contributed by atoms with E-state index in [1.54, 1.807) is 11.3 Å². The van der Waals surface area contributed by atoms with Gasteiger partial charge in [0.15, 0.2) is 0 Å². The van der Waals surface area contributed by atoms with Crippen LogP contribution in [0, 0.1) is 13.8 Å². The smallest absolute Gasteiger partial charge is 0.140 e. The molecule has 0 radical (unpaired) electrons. The highest BCUT2D eigenvalue weighted by Crippen LogP contribution is 2.19. The number of rotatable bonds is 7. The van der Waals surface area contributed by atoms with E-state index in [0.29, 0.717) is 12.6 Å². The molecule has 0 fully saturated rings. The third kappa shape index (κ3) is 4.83. The van der Waals surface area contributed by atoms with Gasteiger partial charge in [0.1, 0.15) is 17.4 Å². The van der Waals surface area contributed by atoms with Gasteiger partial charge in [-0.3, -0.25) is 0 Å². The Morgan fingerprint density at radius 2 is 2.10 bits per heavy atom. The normalized spacial score (nSPS) is 12.4. The van der Waals surface area contributed by atoms with Gasteiger partial charge in [-0.2, -0.15) is 0 Å². The van der Waals surface area contributed by atoms with E-state index in [1.807, 2.05) is 12.3 Å². The van der Waals surface area contributed by atoms with Gasteiger partial charge in [-0.25, -0.2) is 4.98 Å². The molecule has 0 saturated carbocycles. The van der Waals surface area contributed by atoms with Crippen molar-refractivity contribution in [3.63, 3.8) is 0 Å². The van der Waals surface area contributed by atoms with Crippen molar-refractivity contribution in [1.29, 1.82) is 0 Å². The topological polar surface area (TPSA) is 34.2 Å². The number of hydrogen-bond acceptors (Lipinski definition) is 4.